The summed E-state index contributed by atoms with van der Waals surface area (Å²) in [6, 6.07) is 7.06. The predicted octanol–water partition coefficient (Wildman–Crippen LogP) is 1.82. The molecule has 2 rings (SSSR count). The highest BCUT2D eigenvalue weighted by atomic mass is 35.5. The molecule has 0 unspecified atom stereocenters. The van der Waals surface area contributed by atoms with E-state index in [2.05, 4.69) is 10.3 Å². The third kappa shape index (κ3) is 2.05. The average Bonchev–Trinajstić information content (AvgIpc) is 2.78. The van der Waals surface area contributed by atoms with Crippen LogP contribution >= 0.6 is 11.6 Å². The van der Waals surface area contributed by atoms with Crippen molar-refractivity contribution in [2.45, 2.75) is 5.88 Å². The number of aromatic nitrogens is 3. The minimum Gasteiger partial charge on any atom is -0.298 e. The lowest BCUT2D eigenvalue weighted by Gasteiger charge is -1.98. The zero-order chi connectivity index (χ0) is 10.7. The Morgan fingerprint density at radius 2 is 2.07 bits per heavy atom. The summed E-state index contributed by atoms with van der Waals surface area (Å²) < 4.78 is 1.62. The highest BCUT2D eigenvalue weighted by Gasteiger charge is 2.01. The van der Waals surface area contributed by atoms with Gasteiger partial charge in [-0.05, 0) is 24.3 Å². The molecule has 0 aliphatic carbocycles. The molecular formula is C10H8ClN3O. The van der Waals surface area contributed by atoms with Crippen LogP contribution in [0.4, 0.5) is 0 Å². The Bertz CT molecular complexity index is 464. The quantitative estimate of drug-likeness (QED) is 0.587. The fraction of sp³-hybridized carbons (Fsp3) is 0.100. The van der Waals surface area contributed by atoms with Gasteiger partial charge in [0.2, 0.25) is 0 Å². The summed E-state index contributed by atoms with van der Waals surface area (Å²) in [5.74, 6) is 0.340. The molecule has 76 valence electrons. The standard InChI is InChI=1S/C10H8ClN3O/c11-5-9-6-14(13-12-9)10-3-1-8(7-15)2-4-10/h1-4,6-7H,5H2. The maximum absolute atomic E-state index is 10.5. The molecule has 0 radical (unpaired) electrons. The molecule has 0 N–H and O–H groups in total. The molecule has 15 heavy (non-hydrogen) atoms. The van der Waals surface area contributed by atoms with Crippen LogP contribution in [0.5, 0.6) is 0 Å². The van der Waals surface area contributed by atoms with Gasteiger partial charge in [-0.25, -0.2) is 4.68 Å². The molecule has 1 aromatic heterocycles. The molecule has 0 aliphatic rings. The lowest BCUT2D eigenvalue weighted by molar-refractivity contribution is 0.112. The van der Waals surface area contributed by atoms with Crippen molar-refractivity contribution in [2.75, 3.05) is 0 Å². The zero-order valence-corrected chi connectivity index (χ0v) is 8.55. The molecule has 0 spiro atoms. The van der Waals surface area contributed by atoms with E-state index in [1.165, 1.54) is 0 Å². The van der Waals surface area contributed by atoms with Crippen LogP contribution in [0.3, 0.4) is 0 Å². The second-order valence-corrected chi connectivity index (χ2v) is 3.26. The summed E-state index contributed by atoms with van der Waals surface area (Å²) in [7, 11) is 0. The summed E-state index contributed by atoms with van der Waals surface area (Å²) in [5, 5.41) is 7.77. The molecule has 5 heteroatoms. The first-order valence-electron chi connectivity index (χ1n) is 4.36. The summed E-state index contributed by atoms with van der Waals surface area (Å²) in [6.45, 7) is 0. The van der Waals surface area contributed by atoms with Crippen LogP contribution in [-0.4, -0.2) is 21.3 Å². The Labute approximate surface area is 91.5 Å². The average molecular weight is 222 g/mol. The largest absolute Gasteiger partial charge is 0.298 e. The van der Waals surface area contributed by atoms with Crippen LogP contribution in [0.2, 0.25) is 0 Å². The van der Waals surface area contributed by atoms with Crippen molar-refractivity contribution in [1.29, 1.82) is 0 Å². The summed E-state index contributed by atoms with van der Waals surface area (Å²) in [6.07, 6.45) is 2.55. The van der Waals surface area contributed by atoms with Crippen LogP contribution in [-0.2, 0) is 5.88 Å². The highest BCUT2D eigenvalue weighted by molar-refractivity contribution is 6.16. The monoisotopic (exact) mass is 221 g/mol. The molecule has 0 atom stereocenters. The zero-order valence-electron chi connectivity index (χ0n) is 7.80. The van der Waals surface area contributed by atoms with Gasteiger partial charge in [-0.3, -0.25) is 4.79 Å². The first-order chi connectivity index (χ1) is 7.33. The minimum absolute atomic E-state index is 0.340. The summed E-state index contributed by atoms with van der Waals surface area (Å²) >= 11 is 5.61. The molecule has 0 fully saturated rings. The van der Waals surface area contributed by atoms with Gasteiger partial charge in [-0.2, -0.15) is 0 Å². The van der Waals surface area contributed by atoms with Crippen molar-refractivity contribution in [2.24, 2.45) is 0 Å². The fourth-order valence-corrected chi connectivity index (χ4v) is 1.31. The third-order valence-electron chi connectivity index (χ3n) is 1.97. The second-order valence-electron chi connectivity index (χ2n) is 3.00. The number of hydrogen-bond acceptors (Lipinski definition) is 3. The maximum Gasteiger partial charge on any atom is 0.150 e. The molecule has 0 saturated carbocycles. The Balaban J connectivity index is 2.32. The van der Waals surface area contributed by atoms with Crippen LogP contribution < -0.4 is 0 Å². The second kappa shape index (κ2) is 4.23. The van der Waals surface area contributed by atoms with Crippen molar-refractivity contribution in [3.8, 4) is 5.69 Å². The van der Waals surface area contributed by atoms with E-state index >= 15 is 0 Å². The van der Waals surface area contributed by atoms with Gasteiger partial charge < -0.3 is 0 Å². The number of carbonyl (C=O) groups excluding carboxylic acids is 1. The maximum atomic E-state index is 10.5. The summed E-state index contributed by atoms with van der Waals surface area (Å²) in [5.41, 5.74) is 2.21. The molecule has 4 nitrogen and oxygen atoms in total. The Hall–Kier alpha value is -1.68. The molecule has 2 aromatic rings. The van der Waals surface area contributed by atoms with Gasteiger partial charge in [-0.1, -0.05) is 5.21 Å². The van der Waals surface area contributed by atoms with E-state index in [0.29, 0.717) is 11.4 Å². The van der Waals surface area contributed by atoms with Gasteiger partial charge in [0, 0.05) is 5.56 Å². The van der Waals surface area contributed by atoms with E-state index in [0.717, 1.165) is 17.7 Å². The molecule has 1 aromatic carbocycles. The number of alkyl halides is 1. The van der Waals surface area contributed by atoms with Crippen LogP contribution in [0.25, 0.3) is 5.69 Å². The molecule has 0 amide bonds. The molecule has 1 heterocycles. The highest BCUT2D eigenvalue weighted by Crippen LogP contribution is 2.08. The molecular weight excluding hydrogens is 214 g/mol. The van der Waals surface area contributed by atoms with E-state index in [9.17, 15) is 4.79 Å². The smallest absolute Gasteiger partial charge is 0.150 e. The third-order valence-corrected chi connectivity index (χ3v) is 2.25. The first-order valence-corrected chi connectivity index (χ1v) is 4.90. The van der Waals surface area contributed by atoms with Crippen molar-refractivity contribution >= 4 is 17.9 Å². The lowest BCUT2D eigenvalue weighted by atomic mass is 10.2. The fourth-order valence-electron chi connectivity index (χ4n) is 1.19. The van der Waals surface area contributed by atoms with Gasteiger partial charge in [-0.15, -0.1) is 16.7 Å². The predicted molar refractivity (Wildman–Crippen MR) is 56.3 cm³/mol. The van der Waals surface area contributed by atoms with Crippen molar-refractivity contribution in [1.82, 2.24) is 15.0 Å². The van der Waals surface area contributed by atoms with Crippen molar-refractivity contribution in [3.05, 3.63) is 41.7 Å². The molecule has 0 aliphatic heterocycles. The van der Waals surface area contributed by atoms with Crippen molar-refractivity contribution < 1.29 is 4.79 Å². The first kappa shape index (κ1) is 9.86. The van der Waals surface area contributed by atoms with Gasteiger partial charge in [0.15, 0.2) is 0 Å². The summed E-state index contributed by atoms with van der Waals surface area (Å²) in [4.78, 5) is 10.5. The molecule has 0 saturated heterocycles. The van der Waals surface area contributed by atoms with Gasteiger partial charge in [0.25, 0.3) is 0 Å². The van der Waals surface area contributed by atoms with E-state index < -0.39 is 0 Å². The van der Waals surface area contributed by atoms with Crippen LogP contribution in [0.15, 0.2) is 30.5 Å². The number of nitrogens with zero attached hydrogens (tertiary/aromatic N) is 3. The molecule has 0 bridgehead atoms. The number of rotatable bonds is 3. The Morgan fingerprint density at radius 3 is 2.60 bits per heavy atom. The van der Waals surface area contributed by atoms with Gasteiger partial charge in [0.05, 0.1) is 23.5 Å². The van der Waals surface area contributed by atoms with E-state index in [1.54, 1.807) is 35.1 Å². The Morgan fingerprint density at radius 1 is 1.33 bits per heavy atom. The van der Waals surface area contributed by atoms with Gasteiger partial charge in [0.1, 0.15) is 6.29 Å². The van der Waals surface area contributed by atoms with Crippen LogP contribution in [0.1, 0.15) is 16.1 Å². The SMILES string of the molecule is O=Cc1ccc(-n2cc(CCl)nn2)cc1. The normalized spacial score (nSPS) is 10.2. The topological polar surface area (TPSA) is 47.8 Å². The number of benzene rings is 1. The van der Waals surface area contributed by atoms with E-state index in [4.69, 9.17) is 11.6 Å². The number of aldehydes is 1. The van der Waals surface area contributed by atoms with E-state index in [1.807, 2.05) is 0 Å². The van der Waals surface area contributed by atoms with Crippen molar-refractivity contribution in [3.63, 3.8) is 0 Å². The minimum atomic E-state index is 0.340. The van der Waals surface area contributed by atoms with Gasteiger partial charge >= 0.3 is 0 Å². The van der Waals surface area contributed by atoms with Crippen LogP contribution in [0, 0.1) is 0 Å². The Kier molecular flexibility index (Phi) is 2.78. The number of hydrogen-bond donors (Lipinski definition) is 0. The number of halogens is 1. The van der Waals surface area contributed by atoms with E-state index in [-0.39, 0.29) is 0 Å². The number of carbonyl (C=O) groups is 1. The lowest BCUT2D eigenvalue weighted by Crippen LogP contribution is -1.94.